The zero-order chi connectivity index (χ0) is 18.2. The molecule has 1 aromatic heterocycles. The molecule has 1 fully saturated rings. The molecular weight excluding hydrogens is 335 g/mol. The molecule has 134 valence electrons. The first-order valence-corrected chi connectivity index (χ1v) is 7.90. The van der Waals surface area contributed by atoms with E-state index in [0.717, 1.165) is 5.39 Å². The maximum absolute atomic E-state index is 12.9. The number of fused-ring (bicyclic) bond motifs is 1. The van der Waals surface area contributed by atoms with Crippen LogP contribution in [0, 0.1) is 5.92 Å². The molecule has 2 N–H and O–H groups in total. The number of benzene rings is 1. The number of hydrogen-bond acceptors (Lipinski definition) is 4. The van der Waals surface area contributed by atoms with Crippen molar-refractivity contribution in [1.82, 2.24) is 4.98 Å². The molecule has 1 aromatic carbocycles. The van der Waals surface area contributed by atoms with Crippen LogP contribution in [0.5, 0.6) is 5.75 Å². The summed E-state index contributed by atoms with van der Waals surface area (Å²) in [5.74, 6) is -0.893. The van der Waals surface area contributed by atoms with Crippen molar-refractivity contribution in [3.8, 4) is 5.75 Å². The fraction of sp³-hybridized carbons (Fsp3) is 0.412. The number of carbonyl (C=O) groups excluding carboxylic acids is 1. The van der Waals surface area contributed by atoms with E-state index in [1.165, 1.54) is 7.11 Å². The lowest BCUT2D eigenvalue weighted by Gasteiger charge is -2.34. The molecule has 25 heavy (non-hydrogen) atoms. The van der Waals surface area contributed by atoms with Crippen molar-refractivity contribution >= 4 is 22.5 Å². The summed E-state index contributed by atoms with van der Waals surface area (Å²) in [6, 6.07) is 6.85. The molecule has 0 spiro atoms. The van der Waals surface area contributed by atoms with Gasteiger partial charge < -0.3 is 15.4 Å². The normalized spacial score (nSPS) is 16.2. The fourth-order valence-corrected chi connectivity index (χ4v) is 3.13. The van der Waals surface area contributed by atoms with Crippen LogP contribution in [0.2, 0.25) is 0 Å². The maximum Gasteiger partial charge on any atom is 0.391 e. The molecule has 1 aliphatic rings. The van der Waals surface area contributed by atoms with Gasteiger partial charge in [0.05, 0.1) is 13.0 Å². The number of primary amides is 1. The minimum atomic E-state index is -4.18. The van der Waals surface area contributed by atoms with Gasteiger partial charge in [0.2, 0.25) is 0 Å². The third kappa shape index (κ3) is 3.47. The van der Waals surface area contributed by atoms with E-state index in [-0.39, 0.29) is 31.6 Å². The van der Waals surface area contributed by atoms with Gasteiger partial charge in [0.25, 0.3) is 5.91 Å². The number of carbonyl (C=O) groups is 1. The smallest absolute Gasteiger partial charge is 0.391 e. The van der Waals surface area contributed by atoms with Gasteiger partial charge in [-0.25, -0.2) is 4.98 Å². The second kappa shape index (κ2) is 6.42. The Kier molecular flexibility index (Phi) is 4.45. The molecule has 5 nitrogen and oxygen atoms in total. The van der Waals surface area contributed by atoms with Crippen molar-refractivity contribution in [3.63, 3.8) is 0 Å². The summed E-state index contributed by atoms with van der Waals surface area (Å²) in [6.45, 7) is 0.445. The summed E-state index contributed by atoms with van der Waals surface area (Å²) >= 11 is 0. The summed E-state index contributed by atoms with van der Waals surface area (Å²) in [5, 5.41) is 1.45. The van der Waals surface area contributed by atoms with Gasteiger partial charge in [-0.05, 0) is 42.5 Å². The number of nitrogens with zero attached hydrogens (tertiary/aromatic N) is 2. The number of hydrogen-bond donors (Lipinski definition) is 1. The number of pyridine rings is 1. The molecule has 0 atom stereocenters. The molecule has 1 saturated heterocycles. The average Bonchev–Trinajstić information content (AvgIpc) is 2.59. The second-order valence-corrected chi connectivity index (χ2v) is 6.09. The van der Waals surface area contributed by atoms with Crippen LogP contribution >= 0.6 is 0 Å². The van der Waals surface area contributed by atoms with Gasteiger partial charge in [0, 0.05) is 18.5 Å². The van der Waals surface area contributed by atoms with Crippen molar-refractivity contribution in [2.75, 3.05) is 25.1 Å². The average molecular weight is 353 g/mol. The number of halogens is 3. The van der Waals surface area contributed by atoms with Crippen LogP contribution in [0.4, 0.5) is 19.0 Å². The topological polar surface area (TPSA) is 68.4 Å². The molecule has 0 unspecified atom stereocenters. The molecule has 8 heteroatoms. The molecule has 0 saturated carbocycles. The van der Waals surface area contributed by atoms with Crippen LogP contribution < -0.4 is 15.4 Å². The highest BCUT2D eigenvalue weighted by atomic mass is 19.4. The lowest BCUT2D eigenvalue weighted by Crippen LogP contribution is -2.39. The minimum Gasteiger partial charge on any atom is -0.497 e. The maximum atomic E-state index is 12.9. The van der Waals surface area contributed by atoms with E-state index in [4.69, 9.17) is 10.5 Å². The van der Waals surface area contributed by atoms with Gasteiger partial charge in [-0.1, -0.05) is 0 Å². The SMILES string of the molecule is COc1ccc2c(N3CCC(C(F)(F)F)CC3)nc(C(N)=O)cc2c1. The lowest BCUT2D eigenvalue weighted by atomic mass is 9.96. The Hall–Kier alpha value is -2.51. The molecule has 2 heterocycles. The molecule has 3 rings (SSSR count). The van der Waals surface area contributed by atoms with E-state index in [1.54, 1.807) is 29.2 Å². The fourth-order valence-electron chi connectivity index (χ4n) is 3.13. The van der Waals surface area contributed by atoms with Crippen LogP contribution in [0.25, 0.3) is 10.8 Å². The number of aromatic nitrogens is 1. The standard InChI is InChI=1S/C17H18F3N3O2/c1-25-12-2-3-13-10(8-12)9-14(15(21)24)22-16(13)23-6-4-11(5-7-23)17(18,19)20/h2-3,8-9,11H,4-7H2,1H3,(H2,21,24). The Morgan fingerprint density at radius 2 is 1.96 bits per heavy atom. The van der Waals surface area contributed by atoms with Crippen molar-refractivity contribution in [1.29, 1.82) is 0 Å². The summed E-state index contributed by atoms with van der Waals surface area (Å²) < 4.78 is 43.8. The van der Waals surface area contributed by atoms with Gasteiger partial charge in [0.15, 0.2) is 0 Å². The number of piperidine rings is 1. The summed E-state index contributed by atoms with van der Waals surface area (Å²) in [4.78, 5) is 17.7. The largest absolute Gasteiger partial charge is 0.497 e. The molecule has 0 radical (unpaired) electrons. The van der Waals surface area contributed by atoms with Crippen molar-refractivity contribution in [2.24, 2.45) is 11.7 Å². The van der Waals surface area contributed by atoms with Crippen molar-refractivity contribution in [2.45, 2.75) is 19.0 Å². The van der Waals surface area contributed by atoms with Crippen molar-refractivity contribution < 1.29 is 22.7 Å². The Balaban J connectivity index is 1.99. The van der Waals surface area contributed by atoms with Crippen LogP contribution in [0.15, 0.2) is 24.3 Å². The van der Waals surface area contributed by atoms with Gasteiger partial charge in [-0.2, -0.15) is 13.2 Å². The Morgan fingerprint density at radius 3 is 2.52 bits per heavy atom. The van der Waals surface area contributed by atoms with Gasteiger partial charge >= 0.3 is 6.18 Å². The summed E-state index contributed by atoms with van der Waals surface area (Å²) in [6.07, 6.45) is -4.17. The Bertz CT molecular complexity index is 800. The lowest BCUT2D eigenvalue weighted by molar-refractivity contribution is -0.179. The van der Waals surface area contributed by atoms with E-state index in [9.17, 15) is 18.0 Å². The zero-order valence-corrected chi connectivity index (χ0v) is 13.6. The van der Waals surface area contributed by atoms with Crippen LogP contribution in [-0.4, -0.2) is 37.3 Å². The zero-order valence-electron chi connectivity index (χ0n) is 13.6. The molecular formula is C17H18F3N3O2. The van der Waals surface area contributed by atoms with Crippen molar-refractivity contribution in [3.05, 3.63) is 30.0 Å². The number of methoxy groups -OCH3 is 1. The van der Waals surface area contributed by atoms with E-state index < -0.39 is 18.0 Å². The number of nitrogens with two attached hydrogens (primary N) is 1. The van der Waals surface area contributed by atoms with Crippen LogP contribution in [0.1, 0.15) is 23.3 Å². The number of alkyl halides is 3. The van der Waals surface area contributed by atoms with E-state index in [1.807, 2.05) is 0 Å². The molecule has 2 aromatic rings. The monoisotopic (exact) mass is 353 g/mol. The first-order chi connectivity index (χ1) is 11.8. The molecule has 1 aliphatic heterocycles. The molecule has 0 aliphatic carbocycles. The molecule has 0 bridgehead atoms. The number of anilines is 1. The number of amides is 1. The highest BCUT2D eigenvalue weighted by Crippen LogP contribution is 2.37. The predicted octanol–water partition coefficient (Wildman–Crippen LogP) is 3.12. The first-order valence-electron chi connectivity index (χ1n) is 7.90. The Morgan fingerprint density at radius 1 is 1.28 bits per heavy atom. The minimum absolute atomic E-state index is 0.00360. The van der Waals surface area contributed by atoms with Gasteiger partial charge in [-0.3, -0.25) is 4.79 Å². The molecule has 1 amide bonds. The second-order valence-electron chi connectivity index (χ2n) is 6.09. The van der Waals surface area contributed by atoms with Crippen LogP contribution in [0.3, 0.4) is 0 Å². The quantitative estimate of drug-likeness (QED) is 0.921. The number of ether oxygens (including phenoxy) is 1. The first kappa shape index (κ1) is 17.3. The van der Waals surface area contributed by atoms with E-state index in [0.29, 0.717) is 17.0 Å². The highest BCUT2D eigenvalue weighted by Gasteiger charge is 2.41. The van der Waals surface area contributed by atoms with E-state index >= 15 is 0 Å². The summed E-state index contributed by atoms with van der Waals surface area (Å²) in [7, 11) is 1.53. The number of rotatable bonds is 3. The third-order valence-electron chi connectivity index (χ3n) is 4.53. The Labute approximate surface area is 142 Å². The predicted molar refractivity (Wildman–Crippen MR) is 87.8 cm³/mol. The third-order valence-corrected chi connectivity index (χ3v) is 4.53. The van der Waals surface area contributed by atoms with E-state index in [2.05, 4.69) is 4.98 Å². The van der Waals surface area contributed by atoms with Crippen LogP contribution in [-0.2, 0) is 0 Å². The highest BCUT2D eigenvalue weighted by molar-refractivity contribution is 6.00. The van der Waals surface area contributed by atoms with Gasteiger partial charge in [-0.15, -0.1) is 0 Å². The summed E-state index contributed by atoms with van der Waals surface area (Å²) in [5.41, 5.74) is 5.43. The van der Waals surface area contributed by atoms with Gasteiger partial charge in [0.1, 0.15) is 17.3 Å².